The lowest BCUT2D eigenvalue weighted by atomic mass is 9.97. The lowest BCUT2D eigenvalue weighted by Gasteiger charge is -2.08. The summed E-state index contributed by atoms with van der Waals surface area (Å²) in [7, 11) is 0. The molecule has 0 radical (unpaired) electrons. The van der Waals surface area contributed by atoms with Gasteiger partial charge in [0.1, 0.15) is 0 Å². The summed E-state index contributed by atoms with van der Waals surface area (Å²) in [4.78, 5) is 0. The van der Waals surface area contributed by atoms with Gasteiger partial charge in [0.05, 0.1) is 0 Å². The fourth-order valence-corrected chi connectivity index (χ4v) is 2.34. The Morgan fingerprint density at radius 1 is 1.00 bits per heavy atom. The molecular weight excluding hydrogens is 240 g/mol. The van der Waals surface area contributed by atoms with Crippen LogP contribution >= 0.6 is 0 Å². The van der Waals surface area contributed by atoms with E-state index < -0.39 is 0 Å². The monoisotopic (exact) mass is 262 g/mol. The number of rotatable bonds is 3. The highest BCUT2D eigenvalue weighted by Gasteiger charge is 2.02. The molecule has 2 rings (SSSR count). The third-order valence-electron chi connectivity index (χ3n) is 3.53. The zero-order valence-corrected chi connectivity index (χ0v) is 12.6. The highest BCUT2D eigenvalue weighted by atomic mass is 14.1. The Balaban J connectivity index is 2.64. The molecule has 0 bridgehead atoms. The average Bonchev–Trinajstić information content (AvgIpc) is 2.46. The number of hydrogen-bond acceptors (Lipinski definition) is 0. The molecule has 2 aromatic rings. The van der Waals surface area contributed by atoms with Gasteiger partial charge in [0.2, 0.25) is 0 Å². The Kier molecular flexibility index (Phi) is 4.57. The zero-order chi connectivity index (χ0) is 14.5. The Labute approximate surface area is 121 Å². The maximum atomic E-state index is 4.14. The third kappa shape index (κ3) is 3.08. The van der Waals surface area contributed by atoms with Crippen LogP contribution in [0.25, 0.3) is 12.2 Å². The Morgan fingerprint density at radius 3 is 2.20 bits per heavy atom. The predicted molar refractivity (Wildman–Crippen MR) is 89.1 cm³/mol. The van der Waals surface area contributed by atoms with Gasteiger partial charge in [-0.05, 0) is 40.0 Å². The van der Waals surface area contributed by atoms with Gasteiger partial charge in [0, 0.05) is 0 Å². The van der Waals surface area contributed by atoms with Crippen molar-refractivity contribution in [2.75, 3.05) is 0 Å². The summed E-state index contributed by atoms with van der Waals surface area (Å²) in [6.45, 7) is 10.6. The highest BCUT2D eigenvalue weighted by molar-refractivity contribution is 5.73. The van der Waals surface area contributed by atoms with Crippen molar-refractivity contribution in [3.63, 3.8) is 0 Å². The van der Waals surface area contributed by atoms with E-state index in [4.69, 9.17) is 0 Å². The first kappa shape index (κ1) is 14.3. The molecule has 0 heteroatoms. The minimum absolute atomic E-state index is 0.564. The standard InChI is InChI=1S/C20H22/c1-5-8-20(19-10-7-6-9-16(19)4)18-13-11-17(12-14-18)15(2)3/h5-15H,4H2,1-3H3/b8-5-,20-19+. The molecule has 2 aromatic carbocycles. The topological polar surface area (TPSA) is 0 Å². The van der Waals surface area contributed by atoms with Crippen LogP contribution in [-0.2, 0) is 0 Å². The first-order valence-electron chi connectivity index (χ1n) is 7.15. The van der Waals surface area contributed by atoms with Crippen molar-refractivity contribution in [2.45, 2.75) is 26.7 Å². The molecule has 102 valence electrons. The summed E-state index contributed by atoms with van der Waals surface area (Å²) in [6, 6.07) is 17.1. The van der Waals surface area contributed by atoms with E-state index in [-0.39, 0.29) is 0 Å². The van der Waals surface area contributed by atoms with Gasteiger partial charge in [0.15, 0.2) is 0 Å². The van der Waals surface area contributed by atoms with Gasteiger partial charge in [-0.15, -0.1) is 0 Å². The van der Waals surface area contributed by atoms with E-state index in [9.17, 15) is 0 Å². The predicted octanol–water partition coefficient (Wildman–Crippen LogP) is 4.00. The quantitative estimate of drug-likeness (QED) is 0.784. The molecule has 0 aliphatic carbocycles. The van der Waals surface area contributed by atoms with Crippen molar-refractivity contribution < 1.29 is 0 Å². The lowest BCUT2D eigenvalue weighted by Crippen LogP contribution is -2.24. The van der Waals surface area contributed by atoms with Crippen molar-refractivity contribution in [2.24, 2.45) is 0 Å². The number of allylic oxidation sites excluding steroid dienone is 2. The molecule has 0 nitrogen and oxygen atoms in total. The molecule has 0 aliphatic rings. The van der Waals surface area contributed by atoms with Crippen molar-refractivity contribution in [3.05, 3.63) is 82.2 Å². The number of hydrogen-bond donors (Lipinski definition) is 0. The molecule has 20 heavy (non-hydrogen) atoms. The summed E-state index contributed by atoms with van der Waals surface area (Å²) in [5, 5.41) is 2.26. The second kappa shape index (κ2) is 6.38. The van der Waals surface area contributed by atoms with Crippen LogP contribution in [0.5, 0.6) is 0 Å². The largest absolute Gasteiger partial charge is 0.0911 e. The summed E-state index contributed by atoms with van der Waals surface area (Å²) >= 11 is 0. The first-order valence-corrected chi connectivity index (χ1v) is 7.15. The molecule has 0 saturated carbocycles. The van der Waals surface area contributed by atoms with Crippen LogP contribution in [0.4, 0.5) is 0 Å². The van der Waals surface area contributed by atoms with Crippen LogP contribution in [-0.4, -0.2) is 0 Å². The van der Waals surface area contributed by atoms with Crippen LogP contribution in [0.15, 0.2) is 60.7 Å². The van der Waals surface area contributed by atoms with Crippen molar-refractivity contribution in [3.8, 4) is 0 Å². The second-order valence-corrected chi connectivity index (χ2v) is 5.35. The van der Waals surface area contributed by atoms with Gasteiger partial charge in [-0.1, -0.05) is 81.1 Å². The van der Waals surface area contributed by atoms with Crippen LogP contribution in [0, 0.1) is 0 Å². The van der Waals surface area contributed by atoms with Gasteiger partial charge in [-0.3, -0.25) is 0 Å². The maximum Gasteiger partial charge on any atom is -0.0109 e. The summed E-state index contributed by atoms with van der Waals surface area (Å²) in [5.74, 6) is 0.564. The van der Waals surface area contributed by atoms with E-state index >= 15 is 0 Å². The fourth-order valence-electron chi connectivity index (χ4n) is 2.34. The molecule has 0 atom stereocenters. The van der Waals surface area contributed by atoms with Crippen LogP contribution < -0.4 is 10.4 Å². The fraction of sp³-hybridized carbons (Fsp3) is 0.200. The maximum absolute atomic E-state index is 4.14. The molecule has 0 spiro atoms. The smallest absolute Gasteiger partial charge is 0.0109 e. The van der Waals surface area contributed by atoms with E-state index in [0.29, 0.717) is 5.92 Å². The average molecular weight is 262 g/mol. The summed E-state index contributed by atoms with van der Waals surface area (Å²) in [5.41, 5.74) is 3.84. The van der Waals surface area contributed by atoms with Gasteiger partial charge >= 0.3 is 0 Å². The first-order chi connectivity index (χ1) is 9.63. The normalized spacial score (nSPS) is 13.0. The highest BCUT2D eigenvalue weighted by Crippen LogP contribution is 2.18. The van der Waals surface area contributed by atoms with E-state index in [0.717, 1.165) is 5.22 Å². The molecule has 0 heterocycles. The Bertz CT molecular complexity index is 700. The Hall–Kier alpha value is -2.08. The molecule has 0 N–H and O–H groups in total. The molecule has 0 fully saturated rings. The number of benzene rings is 2. The van der Waals surface area contributed by atoms with Gasteiger partial charge < -0.3 is 0 Å². The van der Waals surface area contributed by atoms with Crippen molar-refractivity contribution in [1.29, 1.82) is 0 Å². The van der Waals surface area contributed by atoms with Gasteiger partial charge in [0.25, 0.3) is 0 Å². The van der Waals surface area contributed by atoms with E-state index in [1.54, 1.807) is 0 Å². The minimum atomic E-state index is 0.564. The molecule has 0 unspecified atom stereocenters. The summed E-state index contributed by atoms with van der Waals surface area (Å²) < 4.78 is 0. The molecule has 0 aliphatic heterocycles. The summed E-state index contributed by atoms with van der Waals surface area (Å²) in [6.07, 6.45) is 4.24. The lowest BCUT2D eigenvalue weighted by molar-refractivity contribution is 0.866. The van der Waals surface area contributed by atoms with E-state index in [1.165, 1.54) is 21.9 Å². The van der Waals surface area contributed by atoms with Gasteiger partial charge in [-0.2, -0.15) is 0 Å². The van der Waals surface area contributed by atoms with Crippen molar-refractivity contribution in [1.82, 2.24) is 0 Å². The Morgan fingerprint density at radius 2 is 1.65 bits per heavy atom. The van der Waals surface area contributed by atoms with Crippen LogP contribution in [0.1, 0.15) is 37.8 Å². The molecule has 0 amide bonds. The molecular formula is C20H22. The van der Waals surface area contributed by atoms with Crippen molar-refractivity contribution >= 4 is 12.2 Å². The SMILES string of the molecule is C=c1cccc/c1=C(/C=C\C)c1ccc(C(C)C)cc1. The van der Waals surface area contributed by atoms with E-state index in [1.807, 2.05) is 13.0 Å². The third-order valence-corrected chi connectivity index (χ3v) is 3.53. The van der Waals surface area contributed by atoms with Crippen LogP contribution in [0.2, 0.25) is 0 Å². The van der Waals surface area contributed by atoms with Gasteiger partial charge in [-0.25, -0.2) is 0 Å². The zero-order valence-electron chi connectivity index (χ0n) is 12.6. The minimum Gasteiger partial charge on any atom is -0.0911 e. The van der Waals surface area contributed by atoms with E-state index in [2.05, 4.69) is 75.0 Å². The molecule has 0 aromatic heterocycles. The van der Waals surface area contributed by atoms with Crippen LogP contribution in [0.3, 0.4) is 0 Å². The second-order valence-electron chi connectivity index (χ2n) is 5.35. The molecule has 0 saturated heterocycles.